The number of rotatable bonds is 3. The largest absolute Gasteiger partial charge is 0.278 e. The SMILES string of the molecule is O=S(=O)(Nc1ccsc1)c1ccn[nH]1. The number of nitrogens with zero attached hydrogens (tertiary/aromatic N) is 1. The Morgan fingerprint density at radius 1 is 1.43 bits per heavy atom. The maximum Gasteiger partial charge on any atom is 0.278 e. The fourth-order valence-corrected chi connectivity index (χ4v) is 2.55. The van der Waals surface area contributed by atoms with Gasteiger partial charge in [0.25, 0.3) is 10.0 Å². The molecule has 0 amide bonds. The Kier molecular flexibility index (Phi) is 2.26. The van der Waals surface area contributed by atoms with Crippen LogP contribution < -0.4 is 4.72 Å². The standard InChI is InChI=1S/C7H7N3O2S2/c11-14(12,7-1-3-8-9-7)10-6-2-4-13-5-6/h1-5,10H,(H,8,9). The summed E-state index contributed by atoms with van der Waals surface area (Å²) in [5.74, 6) is 0. The van der Waals surface area contributed by atoms with E-state index in [4.69, 9.17) is 0 Å². The summed E-state index contributed by atoms with van der Waals surface area (Å²) in [5.41, 5.74) is 0.560. The summed E-state index contributed by atoms with van der Waals surface area (Å²) in [6.07, 6.45) is 1.39. The van der Waals surface area contributed by atoms with Crippen molar-refractivity contribution < 1.29 is 8.42 Å². The third kappa shape index (κ3) is 1.78. The highest BCUT2D eigenvalue weighted by molar-refractivity contribution is 7.92. The highest BCUT2D eigenvalue weighted by Crippen LogP contribution is 2.16. The molecule has 0 atom stereocenters. The molecule has 0 aliphatic carbocycles. The van der Waals surface area contributed by atoms with E-state index >= 15 is 0 Å². The molecular weight excluding hydrogens is 222 g/mol. The first-order chi connectivity index (χ1) is 6.68. The minimum absolute atomic E-state index is 0.0590. The zero-order valence-corrected chi connectivity index (χ0v) is 8.60. The van der Waals surface area contributed by atoms with Crippen molar-refractivity contribution in [3.8, 4) is 0 Å². The number of H-pyrrole nitrogens is 1. The molecule has 2 heterocycles. The molecule has 0 saturated heterocycles. The van der Waals surface area contributed by atoms with Crippen LogP contribution in [0.15, 0.2) is 34.1 Å². The van der Waals surface area contributed by atoms with Crippen LogP contribution in [0.2, 0.25) is 0 Å². The number of aromatic amines is 1. The molecule has 0 aliphatic rings. The number of anilines is 1. The minimum Gasteiger partial charge on any atom is -0.278 e. The molecular formula is C7H7N3O2S2. The van der Waals surface area contributed by atoms with E-state index in [9.17, 15) is 8.42 Å². The first-order valence-electron chi connectivity index (χ1n) is 3.73. The molecule has 2 aromatic rings. The van der Waals surface area contributed by atoms with Gasteiger partial charge in [-0.25, -0.2) is 0 Å². The molecule has 2 N–H and O–H groups in total. The summed E-state index contributed by atoms with van der Waals surface area (Å²) in [5, 5.41) is 9.54. The topological polar surface area (TPSA) is 74.8 Å². The summed E-state index contributed by atoms with van der Waals surface area (Å²) >= 11 is 1.42. The lowest BCUT2D eigenvalue weighted by Crippen LogP contribution is -2.12. The normalized spacial score (nSPS) is 11.4. The van der Waals surface area contributed by atoms with Gasteiger partial charge in [-0.3, -0.25) is 9.82 Å². The molecule has 74 valence electrons. The van der Waals surface area contributed by atoms with Gasteiger partial charge in [0.1, 0.15) is 0 Å². The van der Waals surface area contributed by atoms with Gasteiger partial charge in [0.05, 0.1) is 11.9 Å². The highest BCUT2D eigenvalue weighted by atomic mass is 32.2. The monoisotopic (exact) mass is 229 g/mol. The lowest BCUT2D eigenvalue weighted by atomic mass is 10.6. The van der Waals surface area contributed by atoms with Crippen molar-refractivity contribution in [2.24, 2.45) is 0 Å². The molecule has 0 aliphatic heterocycles. The van der Waals surface area contributed by atoms with Gasteiger partial charge in [-0.1, -0.05) is 0 Å². The van der Waals surface area contributed by atoms with E-state index < -0.39 is 10.0 Å². The minimum atomic E-state index is -3.50. The van der Waals surface area contributed by atoms with Crippen LogP contribution in [0.5, 0.6) is 0 Å². The fraction of sp³-hybridized carbons (Fsp3) is 0. The summed E-state index contributed by atoms with van der Waals surface area (Å²) in [7, 11) is -3.50. The van der Waals surface area contributed by atoms with Crippen LogP contribution in [0.3, 0.4) is 0 Å². The van der Waals surface area contributed by atoms with E-state index in [1.165, 1.54) is 23.6 Å². The smallest absolute Gasteiger partial charge is 0.278 e. The van der Waals surface area contributed by atoms with Gasteiger partial charge in [-0.2, -0.15) is 24.9 Å². The van der Waals surface area contributed by atoms with Crippen molar-refractivity contribution >= 4 is 27.0 Å². The Morgan fingerprint density at radius 3 is 2.86 bits per heavy atom. The number of sulfonamides is 1. The molecule has 0 aromatic carbocycles. The zero-order chi connectivity index (χ0) is 10.0. The molecule has 2 rings (SSSR count). The number of hydrogen-bond donors (Lipinski definition) is 2. The molecule has 0 spiro atoms. The average Bonchev–Trinajstić information content (AvgIpc) is 2.71. The summed E-state index contributed by atoms with van der Waals surface area (Å²) in [4.78, 5) is 0. The second-order valence-corrected chi connectivity index (χ2v) is 4.97. The summed E-state index contributed by atoms with van der Waals surface area (Å²) < 4.78 is 25.6. The van der Waals surface area contributed by atoms with Gasteiger partial charge in [-0.05, 0) is 17.5 Å². The van der Waals surface area contributed by atoms with E-state index in [0.29, 0.717) is 5.69 Å². The molecule has 14 heavy (non-hydrogen) atoms. The maximum atomic E-state index is 11.6. The number of aromatic nitrogens is 2. The van der Waals surface area contributed by atoms with Crippen molar-refractivity contribution in [3.05, 3.63) is 29.1 Å². The van der Waals surface area contributed by atoms with Crippen LogP contribution in [-0.2, 0) is 10.0 Å². The molecule has 0 fully saturated rings. The predicted molar refractivity (Wildman–Crippen MR) is 53.7 cm³/mol. The number of thiophene rings is 1. The third-order valence-electron chi connectivity index (χ3n) is 1.54. The van der Waals surface area contributed by atoms with E-state index in [2.05, 4.69) is 14.9 Å². The summed E-state index contributed by atoms with van der Waals surface area (Å²) in [6.45, 7) is 0. The molecule has 5 nitrogen and oxygen atoms in total. The predicted octanol–water partition coefficient (Wildman–Crippen LogP) is 1.27. The van der Waals surface area contributed by atoms with Gasteiger partial charge in [0.15, 0.2) is 5.03 Å². The Morgan fingerprint density at radius 2 is 2.29 bits per heavy atom. The second-order valence-electron chi connectivity index (χ2n) is 2.54. The zero-order valence-electron chi connectivity index (χ0n) is 6.97. The van der Waals surface area contributed by atoms with Crippen LogP contribution in [-0.4, -0.2) is 18.6 Å². The third-order valence-corrected chi connectivity index (χ3v) is 3.53. The Hall–Kier alpha value is -1.34. The molecule has 0 saturated carbocycles. The molecule has 0 unspecified atom stereocenters. The van der Waals surface area contributed by atoms with Crippen molar-refractivity contribution in [1.82, 2.24) is 10.2 Å². The van der Waals surface area contributed by atoms with E-state index in [-0.39, 0.29) is 5.03 Å². The Balaban J connectivity index is 2.27. The first kappa shape index (κ1) is 9.22. The Labute approximate surface area is 84.8 Å². The van der Waals surface area contributed by atoms with Crippen molar-refractivity contribution in [1.29, 1.82) is 0 Å². The quantitative estimate of drug-likeness (QED) is 0.832. The fourth-order valence-electron chi connectivity index (χ4n) is 0.925. The maximum absolute atomic E-state index is 11.6. The van der Waals surface area contributed by atoms with Gasteiger partial charge < -0.3 is 0 Å². The molecule has 0 bridgehead atoms. The number of hydrogen-bond acceptors (Lipinski definition) is 4. The van der Waals surface area contributed by atoms with E-state index in [1.54, 1.807) is 16.8 Å². The van der Waals surface area contributed by atoms with Gasteiger partial charge in [0.2, 0.25) is 0 Å². The highest BCUT2D eigenvalue weighted by Gasteiger charge is 2.15. The van der Waals surface area contributed by atoms with Crippen LogP contribution in [0, 0.1) is 0 Å². The lowest BCUT2D eigenvalue weighted by molar-refractivity contribution is 0.597. The van der Waals surface area contributed by atoms with Gasteiger partial charge in [0, 0.05) is 5.38 Å². The molecule has 2 aromatic heterocycles. The van der Waals surface area contributed by atoms with Gasteiger partial charge >= 0.3 is 0 Å². The first-order valence-corrected chi connectivity index (χ1v) is 6.15. The van der Waals surface area contributed by atoms with Crippen LogP contribution in [0.25, 0.3) is 0 Å². The summed E-state index contributed by atoms with van der Waals surface area (Å²) in [6, 6.07) is 3.09. The average molecular weight is 229 g/mol. The van der Waals surface area contributed by atoms with Crippen LogP contribution in [0.1, 0.15) is 0 Å². The lowest BCUT2D eigenvalue weighted by Gasteiger charge is -2.02. The van der Waals surface area contributed by atoms with Crippen LogP contribution in [0.4, 0.5) is 5.69 Å². The molecule has 0 radical (unpaired) electrons. The number of nitrogens with one attached hydrogen (secondary N) is 2. The Bertz CT molecular complexity index is 487. The van der Waals surface area contributed by atoms with E-state index in [1.807, 2.05) is 0 Å². The molecule has 7 heteroatoms. The van der Waals surface area contributed by atoms with E-state index in [0.717, 1.165) is 0 Å². The van der Waals surface area contributed by atoms with Crippen molar-refractivity contribution in [2.75, 3.05) is 4.72 Å². The van der Waals surface area contributed by atoms with Crippen molar-refractivity contribution in [2.45, 2.75) is 5.03 Å². The van der Waals surface area contributed by atoms with Gasteiger partial charge in [-0.15, -0.1) is 0 Å². The van der Waals surface area contributed by atoms with Crippen molar-refractivity contribution in [3.63, 3.8) is 0 Å². The second kappa shape index (κ2) is 3.43. The van der Waals surface area contributed by atoms with Crippen LogP contribution >= 0.6 is 11.3 Å².